The van der Waals surface area contributed by atoms with Crippen LogP contribution >= 0.6 is 15.9 Å². The SMILES string of the molecule is C#CCCCNS(=O)(=O)c1cc(Br)cc(C(=O)O)c1F. The van der Waals surface area contributed by atoms with Gasteiger partial charge in [-0.05, 0) is 18.6 Å². The second kappa shape index (κ2) is 6.83. The molecule has 0 aliphatic heterocycles. The standard InChI is InChI=1S/C12H11BrFNO4S/c1-2-3-4-5-15-20(18,19)10-7-8(13)6-9(11(10)14)12(16)17/h1,6-7,15H,3-5H2,(H,16,17). The Hall–Kier alpha value is -1.43. The summed E-state index contributed by atoms with van der Waals surface area (Å²) in [5, 5.41) is 8.83. The van der Waals surface area contributed by atoms with Gasteiger partial charge in [-0.3, -0.25) is 0 Å². The molecule has 0 aliphatic carbocycles. The highest BCUT2D eigenvalue weighted by Gasteiger charge is 2.24. The van der Waals surface area contributed by atoms with Gasteiger partial charge in [0, 0.05) is 17.4 Å². The zero-order valence-electron chi connectivity index (χ0n) is 10.2. The number of carboxylic acid groups (broad SMARTS) is 1. The minimum absolute atomic E-state index is 0.0426. The van der Waals surface area contributed by atoms with E-state index >= 15 is 0 Å². The number of benzene rings is 1. The molecule has 8 heteroatoms. The Morgan fingerprint density at radius 3 is 2.70 bits per heavy atom. The first kappa shape index (κ1) is 16.6. The maximum absolute atomic E-state index is 13.9. The van der Waals surface area contributed by atoms with Gasteiger partial charge in [0.2, 0.25) is 10.0 Å². The number of carbonyl (C=O) groups is 1. The number of aromatic carboxylic acids is 1. The van der Waals surface area contributed by atoms with Crippen molar-refractivity contribution in [1.29, 1.82) is 0 Å². The average molecular weight is 364 g/mol. The summed E-state index contributed by atoms with van der Waals surface area (Å²) in [6.07, 6.45) is 5.81. The van der Waals surface area contributed by atoms with Crippen LogP contribution in [0.3, 0.4) is 0 Å². The van der Waals surface area contributed by atoms with Crippen LogP contribution in [0.15, 0.2) is 21.5 Å². The summed E-state index contributed by atoms with van der Waals surface area (Å²) in [7, 11) is -4.14. The first-order valence-electron chi connectivity index (χ1n) is 5.45. The van der Waals surface area contributed by atoms with E-state index in [1.54, 1.807) is 0 Å². The number of nitrogens with one attached hydrogen (secondary N) is 1. The van der Waals surface area contributed by atoms with Gasteiger partial charge in [0.1, 0.15) is 4.90 Å². The molecule has 0 saturated carbocycles. The van der Waals surface area contributed by atoms with E-state index in [2.05, 4.69) is 26.6 Å². The second-order valence-electron chi connectivity index (χ2n) is 3.78. The Morgan fingerprint density at radius 1 is 1.50 bits per heavy atom. The number of rotatable bonds is 6. The van der Waals surface area contributed by atoms with Crippen molar-refractivity contribution in [2.45, 2.75) is 17.7 Å². The molecule has 2 N–H and O–H groups in total. The summed E-state index contributed by atoms with van der Waals surface area (Å²) in [4.78, 5) is 10.1. The summed E-state index contributed by atoms with van der Waals surface area (Å²) in [6, 6.07) is 2.00. The van der Waals surface area contributed by atoms with Gasteiger partial charge in [-0.15, -0.1) is 12.3 Å². The van der Waals surface area contributed by atoms with Crippen LogP contribution in [-0.2, 0) is 10.0 Å². The number of terminal acetylenes is 1. The Bertz CT molecular complexity index is 667. The summed E-state index contributed by atoms with van der Waals surface area (Å²) in [5.41, 5.74) is -0.719. The van der Waals surface area contributed by atoms with Crippen LogP contribution in [0, 0.1) is 18.2 Å². The molecule has 1 rings (SSSR count). The zero-order chi connectivity index (χ0) is 15.3. The fourth-order valence-corrected chi connectivity index (χ4v) is 3.20. The molecule has 108 valence electrons. The fraction of sp³-hybridized carbons (Fsp3) is 0.250. The molecule has 0 amide bonds. The summed E-state index contributed by atoms with van der Waals surface area (Å²) >= 11 is 2.95. The van der Waals surface area contributed by atoms with E-state index in [0.717, 1.165) is 12.1 Å². The molecule has 0 saturated heterocycles. The van der Waals surface area contributed by atoms with Gasteiger partial charge in [0.15, 0.2) is 5.82 Å². The lowest BCUT2D eigenvalue weighted by molar-refractivity contribution is 0.0691. The molecule has 20 heavy (non-hydrogen) atoms. The smallest absolute Gasteiger partial charge is 0.338 e. The van der Waals surface area contributed by atoms with Crippen molar-refractivity contribution in [3.05, 3.63) is 28.0 Å². The van der Waals surface area contributed by atoms with Crippen LogP contribution in [0.4, 0.5) is 4.39 Å². The number of carboxylic acids is 1. The molecular weight excluding hydrogens is 353 g/mol. The molecule has 1 aromatic rings. The number of halogens is 2. The molecule has 0 heterocycles. The first-order valence-corrected chi connectivity index (χ1v) is 7.72. The Morgan fingerprint density at radius 2 is 2.15 bits per heavy atom. The largest absolute Gasteiger partial charge is 0.478 e. The minimum atomic E-state index is -4.14. The van der Waals surface area contributed by atoms with Crippen molar-refractivity contribution >= 4 is 31.9 Å². The van der Waals surface area contributed by atoms with Crippen LogP contribution in [0.2, 0.25) is 0 Å². The first-order chi connectivity index (χ1) is 9.29. The maximum atomic E-state index is 13.9. The van der Waals surface area contributed by atoms with Gasteiger partial charge in [-0.25, -0.2) is 22.3 Å². The third kappa shape index (κ3) is 4.03. The van der Waals surface area contributed by atoms with E-state index < -0.39 is 32.3 Å². The molecule has 0 spiro atoms. The number of unbranched alkanes of at least 4 members (excludes halogenated alkanes) is 1. The molecule has 0 bridgehead atoms. The van der Waals surface area contributed by atoms with Gasteiger partial charge in [0.05, 0.1) is 5.56 Å². The third-order valence-corrected chi connectivity index (χ3v) is 4.23. The topological polar surface area (TPSA) is 83.5 Å². The zero-order valence-corrected chi connectivity index (χ0v) is 12.6. The summed E-state index contributed by atoms with van der Waals surface area (Å²) in [5.74, 6) is -0.505. The predicted molar refractivity (Wildman–Crippen MR) is 74.3 cm³/mol. The Kier molecular flexibility index (Phi) is 5.68. The van der Waals surface area contributed by atoms with Crippen LogP contribution in [0.5, 0.6) is 0 Å². The fourth-order valence-electron chi connectivity index (χ4n) is 1.39. The molecule has 0 fully saturated rings. The average Bonchev–Trinajstić information content (AvgIpc) is 2.36. The van der Waals surface area contributed by atoms with Gasteiger partial charge in [0.25, 0.3) is 0 Å². The molecule has 0 unspecified atom stereocenters. The van der Waals surface area contributed by atoms with Gasteiger partial charge >= 0.3 is 5.97 Å². The lowest BCUT2D eigenvalue weighted by Crippen LogP contribution is -2.26. The lowest BCUT2D eigenvalue weighted by Gasteiger charge is -2.09. The maximum Gasteiger partial charge on any atom is 0.338 e. The molecular formula is C12H11BrFNO4S. The van der Waals surface area contributed by atoms with E-state index in [-0.39, 0.29) is 11.0 Å². The van der Waals surface area contributed by atoms with Crippen molar-refractivity contribution < 1.29 is 22.7 Å². The Labute approximate surface area is 124 Å². The highest BCUT2D eigenvalue weighted by Crippen LogP contribution is 2.24. The molecule has 5 nitrogen and oxygen atoms in total. The van der Waals surface area contributed by atoms with Crippen LogP contribution in [0.25, 0.3) is 0 Å². The van der Waals surface area contributed by atoms with Gasteiger partial charge in [-0.2, -0.15) is 0 Å². The molecule has 0 aromatic heterocycles. The van der Waals surface area contributed by atoms with Gasteiger partial charge < -0.3 is 5.11 Å². The van der Waals surface area contributed by atoms with Crippen molar-refractivity contribution in [2.24, 2.45) is 0 Å². The third-order valence-electron chi connectivity index (χ3n) is 2.31. The molecule has 0 aliphatic rings. The molecule has 1 aromatic carbocycles. The van der Waals surface area contributed by atoms with Crippen molar-refractivity contribution in [3.8, 4) is 12.3 Å². The van der Waals surface area contributed by atoms with Crippen molar-refractivity contribution in [2.75, 3.05) is 6.54 Å². The van der Waals surface area contributed by atoms with Crippen molar-refractivity contribution in [1.82, 2.24) is 4.72 Å². The van der Waals surface area contributed by atoms with Gasteiger partial charge in [-0.1, -0.05) is 15.9 Å². The normalized spacial score (nSPS) is 11.1. The Balaban J connectivity index is 3.12. The molecule has 0 radical (unpaired) electrons. The number of hydrogen-bond donors (Lipinski definition) is 2. The van der Waals surface area contributed by atoms with Crippen LogP contribution in [-0.4, -0.2) is 26.0 Å². The van der Waals surface area contributed by atoms with Crippen LogP contribution in [0.1, 0.15) is 23.2 Å². The highest BCUT2D eigenvalue weighted by atomic mass is 79.9. The summed E-state index contributed by atoms with van der Waals surface area (Å²) in [6.45, 7) is 0.0426. The quantitative estimate of drug-likeness (QED) is 0.597. The minimum Gasteiger partial charge on any atom is -0.478 e. The second-order valence-corrected chi connectivity index (χ2v) is 6.43. The monoisotopic (exact) mass is 363 g/mol. The number of sulfonamides is 1. The van der Waals surface area contributed by atoms with Crippen molar-refractivity contribution in [3.63, 3.8) is 0 Å². The van der Waals surface area contributed by atoms with E-state index in [4.69, 9.17) is 11.5 Å². The van der Waals surface area contributed by atoms with Crippen LogP contribution < -0.4 is 4.72 Å². The highest BCUT2D eigenvalue weighted by molar-refractivity contribution is 9.10. The summed E-state index contributed by atoms with van der Waals surface area (Å²) < 4.78 is 40.1. The van der Waals surface area contributed by atoms with E-state index in [9.17, 15) is 17.6 Å². The lowest BCUT2D eigenvalue weighted by atomic mass is 10.2. The van der Waals surface area contributed by atoms with E-state index in [1.165, 1.54) is 0 Å². The molecule has 0 atom stereocenters. The number of hydrogen-bond acceptors (Lipinski definition) is 3. The van der Waals surface area contributed by atoms with E-state index in [1.807, 2.05) is 0 Å². The van der Waals surface area contributed by atoms with E-state index in [0.29, 0.717) is 12.8 Å². The predicted octanol–water partition coefficient (Wildman–Crippen LogP) is 1.98.